The summed E-state index contributed by atoms with van der Waals surface area (Å²) in [5.74, 6) is -0.885. The molecule has 8 heteroatoms. The number of nitrogens with one attached hydrogen (secondary N) is 1. The third-order valence-electron chi connectivity index (χ3n) is 3.76. The van der Waals surface area contributed by atoms with Gasteiger partial charge in [0.2, 0.25) is 0 Å². The molecule has 1 amide bonds. The van der Waals surface area contributed by atoms with Crippen molar-refractivity contribution in [2.45, 2.75) is 6.92 Å². The number of halogens is 1. The smallest absolute Gasteiger partial charge is 0.291 e. The Kier molecular flexibility index (Phi) is 4.10. The van der Waals surface area contributed by atoms with E-state index in [0.29, 0.717) is 22.3 Å². The summed E-state index contributed by atoms with van der Waals surface area (Å²) in [7, 11) is 1.52. The fourth-order valence-electron chi connectivity index (χ4n) is 2.45. The van der Waals surface area contributed by atoms with Gasteiger partial charge in [-0.15, -0.1) is 0 Å². The van der Waals surface area contributed by atoms with Crippen molar-refractivity contribution in [3.8, 4) is 5.75 Å². The van der Waals surface area contributed by atoms with Crippen LogP contribution in [-0.4, -0.2) is 17.9 Å². The lowest BCUT2D eigenvalue weighted by Gasteiger charge is -2.05. The van der Waals surface area contributed by atoms with E-state index in [-0.39, 0.29) is 17.1 Å². The molecule has 0 aliphatic rings. The summed E-state index contributed by atoms with van der Waals surface area (Å²) in [6.45, 7) is 1.68. The van der Waals surface area contributed by atoms with Gasteiger partial charge in [-0.05, 0) is 31.2 Å². The number of furan rings is 1. The molecule has 0 saturated carbocycles. The standard InChI is InChI=1S/C17H13FN2O5/c1-9-12-8-11(24-2)4-6-15(12)25-16(9)17(21)19-14-7-10(20(22)23)3-5-13(14)18/h3-8H,1-2H3,(H,19,21). The van der Waals surface area contributed by atoms with Crippen molar-refractivity contribution in [2.75, 3.05) is 12.4 Å². The summed E-state index contributed by atoms with van der Waals surface area (Å²) in [5.41, 5.74) is 0.402. The van der Waals surface area contributed by atoms with E-state index in [1.807, 2.05) is 0 Å². The summed E-state index contributed by atoms with van der Waals surface area (Å²) < 4.78 is 24.5. The number of ether oxygens (including phenoxy) is 1. The highest BCUT2D eigenvalue weighted by atomic mass is 19.1. The number of hydrogen-bond acceptors (Lipinski definition) is 5. The molecule has 0 aliphatic heterocycles. The van der Waals surface area contributed by atoms with Crippen LogP contribution >= 0.6 is 0 Å². The van der Waals surface area contributed by atoms with Crippen LogP contribution in [0.2, 0.25) is 0 Å². The van der Waals surface area contributed by atoms with Gasteiger partial charge in [0.15, 0.2) is 5.76 Å². The molecule has 0 spiro atoms. The minimum absolute atomic E-state index is 0.00541. The fourth-order valence-corrected chi connectivity index (χ4v) is 2.45. The van der Waals surface area contributed by atoms with Crippen molar-refractivity contribution in [1.29, 1.82) is 0 Å². The first-order valence-corrected chi connectivity index (χ1v) is 7.23. The molecule has 1 heterocycles. The minimum atomic E-state index is -0.783. The Hall–Kier alpha value is -3.42. The molecule has 3 rings (SSSR count). The fraction of sp³-hybridized carbons (Fsp3) is 0.118. The molecule has 0 aliphatic carbocycles. The van der Waals surface area contributed by atoms with Crippen LogP contribution in [0.25, 0.3) is 11.0 Å². The van der Waals surface area contributed by atoms with Crippen LogP contribution in [0.15, 0.2) is 40.8 Å². The second-order valence-electron chi connectivity index (χ2n) is 5.29. The maximum absolute atomic E-state index is 13.8. The van der Waals surface area contributed by atoms with E-state index in [1.54, 1.807) is 25.1 Å². The number of nitrogens with zero attached hydrogens (tertiary/aromatic N) is 1. The summed E-state index contributed by atoms with van der Waals surface area (Å²) in [6, 6.07) is 7.96. The summed E-state index contributed by atoms with van der Waals surface area (Å²) in [6.07, 6.45) is 0. The van der Waals surface area contributed by atoms with E-state index in [2.05, 4.69) is 5.32 Å². The summed E-state index contributed by atoms with van der Waals surface area (Å²) in [5, 5.41) is 13.8. The Morgan fingerprint density at radius 2 is 2.04 bits per heavy atom. The average Bonchev–Trinajstić information content (AvgIpc) is 2.93. The van der Waals surface area contributed by atoms with Crippen LogP contribution < -0.4 is 10.1 Å². The monoisotopic (exact) mass is 344 g/mol. The SMILES string of the molecule is COc1ccc2oc(C(=O)Nc3cc([N+](=O)[O-])ccc3F)c(C)c2c1. The Balaban J connectivity index is 1.96. The number of amides is 1. The number of fused-ring (bicyclic) bond motifs is 1. The van der Waals surface area contributed by atoms with Gasteiger partial charge in [0, 0.05) is 23.1 Å². The molecule has 7 nitrogen and oxygen atoms in total. The van der Waals surface area contributed by atoms with Crippen molar-refractivity contribution in [1.82, 2.24) is 0 Å². The topological polar surface area (TPSA) is 94.6 Å². The molecule has 0 saturated heterocycles. The van der Waals surface area contributed by atoms with Crippen LogP contribution in [0, 0.1) is 22.9 Å². The van der Waals surface area contributed by atoms with Crippen LogP contribution in [-0.2, 0) is 0 Å². The van der Waals surface area contributed by atoms with Gasteiger partial charge in [-0.25, -0.2) is 4.39 Å². The third-order valence-corrected chi connectivity index (χ3v) is 3.76. The van der Waals surface area contributed by atoms with Crippen molar-refractivity contribution in [2.24, 2.45) is 0 Å². The first-order valence-electron chi connectivity index (χ1n) is 7.23. The van der Waals surface area contributed by atoms with E-state index >= 15 is 0 Å². The number of nitro benzene ring substituents is 1. The number of carbonyl (C=O) groups excluding carboxylic acids is 1. The number of hydrogen-bond donors (Lipinski definition) is 1. The molecule has 0 radical (unpaired) electrons. The predicted molar refractivity (Wildman–Crippen MR) is 88.5 cm³/mol. The molecule has 2 aromatic carbocycles. The summed E-state index contributed by atoms with van der Waals surface area (Å²) in [4.78, 5) is 22.5. The number of nitro groups is 1. The molecule has 0 fully saturated rings. The molecule has 25 heavy (non-hydrogen) atoms. The molecule has 1 N–H and O–H groups in total. The van der Waals surface area contributed by atoms with Gasteiger partial charge in [-0.3, -0.25) is 14.9 Å². The quantitative estimate of drug-likeness (QED) is 0.569. The van der Waals surface area contributed by atoms with E-state index < -0.39 is 16.6 Å². The Bertz CT molecular complexity index is 996. The van der Waals surface area contributed by atoms with Crippen molar-refractivity contribution < 1.29 is 23.3 Å². The largest absolute Gasteiger partial charge is 0.497 e. The third kappa shape index (κ3) is 3.01. The summed E-state index contributed by atoms with van der Waals surface area (Å²) >= 11 is 0. The van der Waals surface area contributed by atoms with E-state index in [0.717, 1.165) is 18.2 Å². The van der Waals surface area contributed by atoms with Crippen LogP contribution in [0.1, 0.15) is 16.1 Å². The zero-order chi connectivity index (χ0) is 18.1. The number of methoxy groups -OCH3 is 1. The molecule has 0 atom stereocenters. The van der Waals surface area contributed by atoms with Gasteiger partial charge >= 0.3 is 0 Å². The highest BCUT2D eigenvalue weighted by Crippen LogP contribution is 2.30. The van der Waals surface area contributed by atoms with E-state index in [9.17, 15) is 19.3 Å². The number of aryl methyl sites for hydroxylation is 1. The van der Waals surface area contributed by atoms with Gasteiger partial charge in [0.25, 0.3) is 11.6 Å². The number of carbonyl (C=O) groups is 1. The zero-order valence-corrected chi connectivity index (χ0v) is 13.3. The van der Waals surface area contributed by atoms with Crippen molar-refractivity contribution in [3.05, 3.63) is 63.7 Å². The van der Waals surface area contributed by atoms with Gasteiger partial charge in [0.1, 0.15) is 17.1 Å². The van der Waals surface area contributed by atoms with E-state index in [4.69, 9.17) is 9.15 Å². The number of non-ortho nitro benzene ring substituents is 1. The molecular formula is C17H13FN2O5. The lowest BCUT2D eigenvalue weighted by atomic mass is 10.1. The number of benzene rings is 2. The lowest BCUT2D eigenvalue weighted by molar-refractivity contribution is -0.384. The number of anilines is 1. The molecular weight excluding hydrogens is 331 g/mol. The van der Waals surface area contributed by atoms with Crippen LogP contribution in [0.4, 0.5) is 15.8 Å². The van der Waals surface area contributed by atoms with Gasteiger partial charge < -0.3 is 14.5 Å². The van der Waals surface area contributed by atoms with Crippen LogP contribution in [0.5, 0.6) is 5.75 Å². The second-order valence-corrected chi connectivity index (χ2v) is 5.29. The maximum atomic E-state index is 13.8. The van der Waals surface area contributed by atoms with Gasteiger partial charge in [-0.1, -0.05) is 0 Å². The van der Waals surface area contributed by atoms with Gasteiger partial charge in [-0.2, -0.15) is 0 Å². The first kappa shape index (κ1) is 16.4. The highest BCUT2D eigenvalue weighted by molar-refractivity contribution is 6.06. The molecule has 0 bridgehead atoms. The Labute approximate surface area is 141 Å². The zero-order valence-electron chi connectivity index (χ0n) is 13.3. The second kappa shape index (κ2) is 6.23. The molecule has 128 valence electrons. The van der Waals surface area contributed by atoms with Crippen molar-refractivity contribution >= 4 is 28.3 Å². The van der Waals surface area contributed by atoms with E-state index in [1.165, 1.54) is 7.11 Å². The molecule has 1 aromatic heterocycles. The highest BCUT2D eigenvalue weighted by Gasteiger charge is 2.20. The minimum Gasteiger partial charge on any atom is -0.497 e. The Morgan fingerprint density at radius 3 is 2.72 bits per heavy atom. The molecule has 3 aromatic rings. The first-order chi connectivity index (χ1) is 11.9. The van der Waals surface area contributed by atoms with Crippen LogP contribution in [0.3, 0.4) is 0 Å². The maximum Gasteiger partial charge on any atom is 0.291 e. The number of rotatable bonds is 4. The van der Waals surface area contributed by atoms with Crippen molar-refractivity contribution in [3.63, 3.8) is 0 Å². The predicted octanol–water partition coefficient (Wildman–Crippen LogP) is 4.05. The van der Waals surface area contributed by atoms with Gasteiger partial charge in [0.05, 0.1) is 17.7 Å². The Morgan fingerprint density at radius 1 is 1.28 bits per heavy atom. The lowest BCUT2D eigenvalue weighted by Crippen LogP contribution is -2.13. The normalized spacial score (nSPS) is 10.7. The average molecular weight is 344 g/mol. The molecule has 0 unspecified atom stereocenters.